The summed E-state index contributed by atoms with van der Waals surface area (Å²) < 4.78 is 0. The molecule has 0 saturated heterocycles. The predicted octanol–water partition coefficient (Wildman–Crippen LogP) is 4.59. The van der Waals surface area contributed by atoms with Crippen LogP contribution in [-0.2, 0) is 5.41 Å². The summed E-state index contributed by atoms with van der Waals surface area (Å²) in [6.07, 6.45) is 0. The Balaban J connectivity index is 2.19. The number of hydrogen-bond acceptors (Lipinski definition) is 2. The molecule has 0 saturated carbocycles. The van der Waals surface area contributed by atoms with E-state index in [1.807, 2.05) is 12.1 Å². The number of carboxylic acids is 1. The van der Waals surface area contributed by atoms with E-state index in [2.05, 4.69) is 26.1 Å². The van der Waals surface area contributed by atoms with Crippen molar-refractivity contribution in [1.82, 2.24) is 0 Å². The zero-order valence-corrected chi connectivity index (χ0v) is 13.9. The highest BCUT2D eigenvalue weighted by molar-refractivity contribution is 6.33. The van der Waals surface area contributed by atoms with Gasteiger partial charge in [-0.25, -0.2) is 4.79 Å². The summed E-state index contributed by atoms with van der Waals surface area (Å²) in [5, 5.41) is 11.9. The third-order valence-electron chi connectivity index (χ3n) is 3.47. The number of carboxylic acid groups (broad SMARTS) is 1. The molecule has 120 valence electrons. The highest BCUT2D eigenvalue weighted by Gasteiger charge is 2.15. The lowest BCUT2D eigenvalue weighted by Gasteiger charge is -2.19. The van der Waals surface area contributed by atoms with Crippen molar-refractivity contribution in [3.63, 3.8) is 0 Å². The zero-order valence-electron chi connectivity index (χ0n) is 13.2. The lowest BCUT2D eigenvalue weighted by Crippen LogP contribution is -2.14. The lowest BCUT2D eigenvalue weighted by atomic mass is 9.87. The molecular formula is C18H18ClNO3. The molecule has 0 fully saturated rings. The van der Waals surface area contributed by atoms with E-state index < -0.39 is 5.97 Å². The van der Waals surface area contributed by atoms with Gasteiger partial charge in [-0.15, -0.1) is 0 Å². The minimum atomic E-state index is -1.14. The quantitative estimate of drug-likeness (QED) is 0.864. The molecule has 4 nitrogen and oxygen atoms in total. The number of halogens is 1. The van der Waals surface area contributed by atoms with Gasteiger partial charge in [0.25, 0.3) is 5.91 Å². The van der Waals surface area contributed by atoms with E-state index in [-0.39, 0.29) is 21.9 Å². The molecule has 1 amide bonds. The van der Waals surface area contributed by atoms with Gasteiger partial charge >= 0.3 is 5.97 Å². The van der Waals surface area contributed by atoms with Gasteiger partial charge in [0.1, 0.15) is 0 Å². The van der Waals surface area contributed by atoms with Gasteiger partial charge in [-0.05, 0) is 41.3 Å². The highest BCUT2D eigenvalue weighted by atomic mass is 35.5. The average Bonchev–Trinajstić information content (AvgIpc) is 2.48. The fourth-order valence-electron chi connectivity index (χ4n) is 2.09. The van der Waals surface area contributed by atoms with E-state index >= 15 is 0 Å². The molecule has 2 rings (SSSR count). The maximum absolute atomic E-state index is 12.2. The van der Waals surface area contributed by atoms with Crippen molar-refractivity contribution in [3.8, 4) is 0 Å². The van der Waals surface area contributed by atoms with Crippen molar-refractivity contribution in [2.24, 2.45) is 0 Å². The van der Waals surface area contributed by atoms with E-state index in [0.717, 1.165) is 5.56 Å². The molecule has 0 aliphatic heterocycles. The molecule has 0 heterocycles. The number of benzene rings is 2. The molecule has 0 atom stereocenters. The average molecular weight is 332 g/mol. The van der Waals surface area contributed by atoms with E-state index in [1.54, 1.807) is 18.2 Å². The third-order valence-corrected chi connectivity index (χ3v) is 3.80. The number of rotatable bonds is 3. The molecule has 0 aromatic heterocycles. The van der Waals surface area contributed by atoms with Crippen molar-refractivity contribution in [1.29, 1.82) is 0 Å². The standard InChI is InChI=1S/C18H18ClNO3/c1-18(2,3)12-6-4-11(5-7-12)16(21)20-13-8-9-15(19)14(10-13)17(22)23/h4-10H,1-3H3,(H,20,21)(H,22,23). The monoisotopic (exact) mass is 331 g/mol. The van der Waals surface area contributed by atoms with Crippen molar-refractivity contribution in [2.45, 2.75) is 26.2 Å². The number of anilines is 1. The summed E-state index contributed by atoms with van der Waals surface area (Å²) in [6, 6.07) is 11.7. The molecular weight excluding hydrogens is 314 g/mol. The van der Waals surface area contributed by atoms with Crippen LogP contribution in [-0.4, -0.2) is 17.0 Å². The van der Waals surface area contributed by atoms with Crippen molar-refractivity contribution in [2.75, 3.05) is 5.32 Å². The normalized spacial score (nSPS) is 11.1. The second-order valence-electron chi connectivity index (χ2n) is 6.28. The highest BCUT2D eigenvalue weighted by Crippen LogP contribution is 2.23. The Bertz CT molecular complexity index is 746. The van der Waals surface area contributed by atoms with Crippen LogP contribution >= 0.6 is 11.6 Å². The van der Waals surface area contributed by atoms with Crippen LogP contribution in [0.1, 0.15) is 47.1 Å². The van der Waals surface area contributed by atoms with Gasteiger partial charge in [-0.2, -0.15) is 0 Å². The number of nitrogens with one attached hydrogen (secondary N) is 1. The first-order valence-corrected chi connectivity index (χ1v) is 7.51. The first kappa shape index (κ1) is 17.0. The molecule has 5 heteroatoms. The molecule has 23 heavy (non-hydrogen) atoms. The second-order valence-corrected chi connectivity index (χ2v) is 6.69. The summed E-state index contributed by atoms with van der Waals surface area (Å²) in [5.41, 5.74) is 1.99. The van der Waals surface area contributed by atoms with Gasteiger partial charge < -0.3 is 10.4 Å². The maximum Gasteiger partial charge on any atom is 0.337 e. The molecule has 2 aromatic carbocycles. The van der Waals surface area contributed by atoms with Crippen LogP contribution in [0.3, 0.4) is 0 Å². The van der Waals surface area contributed by atoms with Crippen molar-refractivity contribution < 1.29 is 14.7 Å². The van der Waals surface area contributed by atoms with Crippen LogP contribution in [0.15, 0.2) is 42.5 Å². The van der Waals surface area contributed by atoms with Crippen LogP contribution in [0.4, 0.5) is 5.69 Å². The topological polar surface area (TPSA) is 66.4 Å². The van der Waals surface area contributed by atoms with Gasteiger partial charge in [0.2, 0.25) is 0 Å². The zero-order chi connectivity index (χ0) is 17.2. The molecule has 0 bridgehead atoms. The molecule has 0 aliphatic carbocycles. The fourth-order valence-corrected chi connectivity index (χ4v) is 2.29. The maximum atomic E-state index is 12.2. The minimum absolute atomic E-state index is 0.0155. The Kier molecular flexibility index (Phi) is 4.76. The summed E-state index contributed by atoms with van der Waals surface area (Å²) in [4.78, 5) is 23.3. The van der Waals surface area contributed by atoms with E-state index in [1.165, 1.54) is 12.1 Å². The molecule has 0 unspecified atom stereocenters. The van der Waals surface area contributed by atoms with Crippen LogP contribution < -0.4 is 5.32 Å². The van der Waals surface area contributed by atoms with Gasteiger partial charge in [-0.3, -0.25) is 4.79 Å². The van der Waals surface area contributed by atoms with Gasteiger partial charge in [-0.1, -0.05) is 44.5 Å². The Morgan fingerprint density at radius 3 is 2.17 bits per heavy atom. The number of aromatic carboxylic acids is 1. The van der Waals surface area contributed by atoms with Crippen molar-refractivity contribution >= 4 is 29.2 Å². The fraction of sp³-hybridized carbons (Fsp3) is 0.222. The summed E-state index contributed by atoms with van der Waals surface area (Å²) >= 11 is 5.81. The third kappa shape index (κ3) is 4.11. The summed E-state index contributed by atoms with van der Waals surface area (Å²) in [7, 11) is 0. The molecule has 0 radical (unpaired) electrons. The van der Waals surface area contributed by atoms with Gasteiger partial charge in [0.05, 0.1) is 10.6 Å². The first-order valence-electron chi connectivity index (χ1n) is 7.13. The first-order chi connectivity index (χ1) is 10.7. The Labute approximate surface area is 140 Å². The smallest absolute Gasteiger partial charge is 0.337 e. The Hall–Kier alpha value is -2.33. The van der Waals surface area contributed by atoms with E-state index in [4.69, 9.17) is 16.7 Å². The Morgan fingerprint density at radius 2 is 1.65 bits per heavy atom. The minimum Gasteiger partial charge on any atom is -0.478 e. The lowest BCUT2D eigenvalue weighted by molar-refractivity contribution is 0.0696. The van der Waals surface area contributed by atoms with Crippen LogP contribution in [0.25, 0.3) is 0 Å². The number of hydrogen-bond donors (Lipinski definition) is 2. The summed E-state index contributed by atoms with van der Waals surface area (Å²) in [6.45, 7) is 6.30. The van der Waals surface area contributed by atoms with E-state index in [0.29, 0.717) is 11.3 Å². The number of amides is 1. The SMILES string of the molecule is CC(C)(C)c1ccc(C(=O)Nc2ccc(Cl)c(C(=O)O)c2)cc1. The van der Waals surface area contributed by atoms with Crippen LogP contribution in [0, 0.1) is 0 Å². The molecule has 0 aliphatic rings. The number of carbonyl (C=O) groups excluding carboxylic acids is 1. The largest absolute Gasteiger partial charge is 0.478 e. The molecule has 2 N–H and O–H groups in total. The molecule has 0 spiro atoms. The predicted molar refractivity (Wildman–Crippen MR) is 91.5 cm³/mol. The van der Waals surface area contributed by atoms with Gasteiger partial charge in [0, 0.05) is 11.3 Å². The number of carbonyl (C=O) groups is 2. The second kappa shape index (κ2) is 6.42. The van der Waals surface area contributed by atoms with Gasteiger partial charge in [0.15, 0.2) is 0 Å². The summed E-state index contributed by atoms with van der Waals surface area (Å²) in [5.74, 6) is -1.44. The van der Waals surface area contributed by atoms with Crippen LogP contribution in [0.5, 0.6) is 0 Å². The van der Waals surface area contributed by atoms with E-state index in [9.17, 15) is 9.59 Å². The molecule has 2 aromatic rings. The van der Waals surface area contributed by atoms with Crippen molar-refractivity contribution in [3.05, 3.63) is 64.2 Å². The van der Waals surface area contributed by atoms with Crippen LogP contribution in [0.2, 0.25) is 5.02 Å². The Morgan fingerprint density at radius 1 is 1.04 bits per heavy atom.